The van der Waals surface area contributed by atoms with Crippen LogP contribution in [0, 0.1) is 0 Å². The van der Waals surface area contributed by atoms with Gasteiger partial charge in [0.15, 0.2) is 5.76 Å². The van der Waals surface area contributed by atoms with Gasteiger partial charge in [-0.15, -0.1) is 0 Å². The first-order valence-electron chi connectivity index (χ1n) is 2.10. The van der Waals surface area contributed by atoms with Gasteiger partial charge in [0.25, 0.3) is 0 Å². The molecule has 0 saturated carbocycles. The van der Waals surface area contributed by atoms with Crippen LogP contribution < -0.4 is 0 Å². The highest BCUT2D eigenvalue weighted by Crippen LogP contribution is 1.98. The van der Waals surface area contributed by atoms with Crippen molar-refractivity contribution in [2.75, 3.05) is 0 Å². The highest BCUT2D eigenvalue weighted by Gasteiger charge is 1.90. The van der Waals surface area contributed by atoms with Crippen LogP contribution in [0.1, 0.15) is 0 Å². The summed E-state index contributed by atoms with van der Waals surface area (Å²) in [6.07, 6.45) is 2.51. The second kappa shape index (κ2) is 1.63. The third-order valence-electron chi connectivity index (χ3n) is 0.705. The van der Waals surface area contributed by atoms with Crippen LogP contribution in [0.3, 0.4) is 0 Å². The van der Waals surface area contributed by atoms with Gasteiger partial charge in [0.05, 0.1) is 0 Å². The van der Waals surface area contributed by atoms with Crippen LogP contribution in [0.25, 0.3) is 0 Å². The maximum Gasteiger partial charge on any atom is 0.171 e. The van der Waals surface area contributed by atoms with Gasteiger partial charge in [0, 0.05) is 12.2 Å². The van der Waals surface area contributed by atoms with Crippen LogP contribution in [0.4, 0.5) is 0 Å². The molecule has 1 aliphatic carbocycles. The Kier molecular flexibility index (Phi) is 0.974. The highest BCUT2D eigenvalue weighted by atomic mass is 16.3. The zero-order valence-electron chi connectivity index (χ0n) is 4.05. The van der Waals surface area contributed by atoms with Crippen molar-refractivity contribution in [3.05, 3.63) is 35.1 Å². The van der Waals surface area contributed by atoms with E-state index in [0.717, 1.165) is 0 Å². The van der Waals surface area contributed by atoms with Gasteiger partial charge in [-0.1, -0.05) is 5.73 Å². The van der Waals surface area contributed by atoms with Crippen molar-refractivity contribution in [3.63, 3.8) is 0 Å². The zero-order chi connectivity index (χ0) is 5.98. The van der Waals surface area contributed by atoms with Gasteiger partial charge in [-0.25, -0.2) is 0 Å². The van der Waals surface area contributed by atoms with Gasteiger partial charge >= 0.3 is 0 Å². The van der Waals surface area contributed by atoms with Gasteiger partial charge in [0.2, 0.25) is 0 Å². The van der Waals surface area contributed by atoms with Crippen molar-refractivity contribution < 1.29 is 10.2 Å². The van der Waals surface area contributed by atoms with E-state index in [1.165, 1.54) is 12.2 Å². The first-order chi connectivity index (χ1) is 3.79. The van der Waals surface area contributed by atoms with Gasteiger partial charge in [-0.3, -0.25) is 0 Å². The van der Waals surface area contributed by atoms with Crippen molar-refractivity contribution in [3.8, 4) is 0 Å². The van der Waals surface area contributed by atoms with Gasteiger partial charge in [0.1, 0.15) is 5.76 Å². The van der Waals surface area contributed by atoms with Gasteiger partial charge in [-0.05, 0) is 5.73 Å². The summed E-state index contributed by atoms with van der Waals surface area (Å²) in [5.41, 5.74) is 4.75. The Morgan fingerprint density at radius 3 is 2.50 bits per heavy atom. The Morgan fingerprint density at radius 2 is 2.12 bits per heavy atom. The molecule has 0 unspecified atom stereocenters. The van der Waals surface area contributed by atoms with Crippen LogP contribution in [-0.2, 0) is 0 Å². The van der Waals surface area contributed by atoms with Crippen LogP contribution in [0.15, 0.2) is 35.1 Å². The molecular formula is C6H4O2. The molecule has 1 rings (SSSR count). The minimum absolute atomic E-state index is 0.00116. The maximum atomic E-state index is 8.60. The summed E-state index contributed by atoms with van der Waals surface area (Å²) in [5.74, 6) is -0.0914. The normalized spacial score (nSPS) is 15.5. The molecule has 0 aromatic rings. The zero-order valence-corrected chi connectivity index (χ0v) is 4.05. The third-order valence-corrected chi connectivity index (χ3v) is 0.705. The summed E-state index contributed by atoms with van der Waals surface area (Å²) in [7, 11) is 0. The molecule has 1 aliphatic rings. The molecule has 0 heterocycles. The number of aliphatic hydroxyl groups is 2. The molecule has 40 valence electrons. The van der Waals surface area contributed by atoms with Crippen LogP contribution in [0.5, 0.6) is 0 Å². The molecular weight excluding hydrogens is 104 g/mol. The van der Waals surface area contributed by atoms with Crippen molar-refractivity contribution in [2.24, 2.45) is 0 Å². The summed E-state index contributed by atoms with van der Waals surface area (Å²) in [5, 5.41) is 17.2. The molecule has 0 spiro atoms. The molecule has 0 aromatic heterocycles. The molecule has 2 heteroatoms. The first kappa shape index (κ1) is 4.79. The van der Waals surface area contributed by atoms with E-state index in [4.69, 9.17) is 10.2 Å². The van der Waals surface area contributed by atoms with Crippen molar-refractivity contribution in [1.29, 1.82) is 0 Å². The molecule has 0 bridgehead atoms. The van der Waals surface area contributed by atoms with Gasteiger partial charge < -0.3 is 10.2 Å². The Hall–Kier alpha value is -1.36. The Morgan fingerprint density at radius 1 is 1.38 bits per heavy atom. The van der Waals surface area contributed by atoms with E-state index in [-0.39, 0.29) is 11.5 Å². The van der Waals surface area contributed by atoms with E-state index in [1.54, 1.807) is 0 Å². The molecule has 0 saturated heterocycles. The summed E-state index contributed by atoms with van der Waals surface area (Å²) in [4.78, 5) is 0. The predicted molar refractivity (Wildman–Crippen MR) is 28.4 cm³/mol. The average molecular weight is 108 g/mol. The Bertz CT molecular complexity index is 223. The Balaban J connectivity index is 3.10. The fourth-order valence-corrected chi connectivity index (χ4v) is 0.402. The van der Waals surface area contributed by atoms with E-state index in [0.29, 0.717) is 0 Å². The lowest BCUT2D eigenvalue weighted by molar-refractivity contribution is 0.404. The number of allylic oxidation sites excluding steroid dienone is 2. The largest absolute Gasteiger partial charge is 0.507 e. The van der Waals surface area contributed by atoms with Gasteiger partial charge in [-0.2, -0.15) is 0 Å². The van der Waals surface area contributed by atoms with Crippen molar-refractivity contribution in [1.82, 2.24) is 0 Å². The number of hydrogen-bond donors (Lipinski definition) is 2. The predicted octanol–water partition coefficient (Wildman–Crippen LogP) is 1.19. The molecule has 2 N–H and O–H groups in total. The smallest absolute Gasteiger partial charge is 0.171 e. The topological polar surface area (TPSA) is 40.5 Å². The Labute approximate surface area is 46.4 Å². The third kappa shape index (κ3) is 0.824. The summed E-state index contributed by atoms with van der Waals surface area (Å²) >= 11 is 0. The van der Waals surface area contributed by atoms with Crippen molar-refractivity contribution in [2.45, 2.75) is 0 Å². The van der Waals surface area contributed by atoms with Crippen LogP contribution >= 0.6 is 0 Å². The monoisotopic (exact) mass is 108 g/mol. The van der Waals surface area contributed by atoms with E-state index < -0.39 is 0 Å². The molecule has 0 aliphatic heterocycles. The molecule has 8 heavy (non-hydrogen) atoms. The number of aliphatic hydroxyl groups excluding tert-OH is 2. The minimum Gasteiger partial charge on any atom is -0.507 e. The number of hydrogen-bond acceptors (Lipinski definition) is 2. The van der Waals surface area contributed by atoms with Crippen LogP contribution in [-0.4, -0.2) is 10.2 Å². The fraction of sp³-hybridized carbons (Fsp3) is 0. The lowest BCUT2D eigenvalue weighted by atomic mass is 10.3. The SMILES string of the molecule is OC1=C=C=CC(O)=C1. The van der Waals surface area contributed by atoms with E-state index in [9.17, 15) is 0 Å². The molecule has 0 fully saturated rings. The van der Waals surface area contributed by atoms with E-state index in [2.05, 4.69) is 11.5 Å². The average Bonchev–Trinajstić information content (AvgIpc) is 1.64. The lowest BCUT2D eigenvalue weighted by Crippen LogP contribution is -1.78. The maximum absolute atomic E-state index is 8.60. The minimum atomic E-state index is -0.0926. The quantitative estimate of drug-likeness (QED) is 0.457. The lowest BCUT2D eigenvalue weighted by Gasteiger charge is -1.89. The van der Waals surface area contributed by atoms with Crippen LogP contribution in [0.2, 0.25) is 0 Å². The second-order valence-corrected chi connectivity index (χ2v) is 1.37. The molecule has 2 nitrogen and oxygen atoms in total. The molecule has 0 aromatic carbocycles. The second-order valence-electron chi connectivity index (χ2n) is 1.37. The molecule has 0 atom stereocenters. The summed E-state index contributed by atoms with van der Waals surface area (Å²) < 4.78 is 0. The van der Waals surface area contributed by atoms with E-state index in [1.807, 2.05) is 0 Å². The molecule has 0 radical (unpaired) electrons. The summed E-state index contributed by atoms with van der Waals surface area (Å²) in [6.45, 7) is 0. The highest BCUT2D eigenvalue weighted by molar-refractivity contribution is 5.24. The standard InChI is InChI=1S/C6H4O2/c7-5-2-1-3-6(8)4-5/h2,4,7-8H. The fourth-order valence-electron chi connectivity index (χ4n) is 0.402. The van der Waals surface area contributed by atoms with Crippen molar-refractivity contribution >= 4 is 0 Å². The van der Waals surface area contributed by atoms with E-state index >= 15 is 0 Å². The summed E-state index contributed by atoms with van der Waals surface area (Å²) in [6, 6.07) is 0. The first-order valence-corrected chi connectivity index (χ1v) is 2.10. The number of rotatable bonds is 0. The molecule has 0 amide bonds.